The van der Waals surface area contributed by atoms with Crippen LogP contribution in [0.1, 0.15) is 47.1 Å². The molecule has 23 heavy (non-hydrogen) atoms. The maximum absolute atomic E-state index is 12.4. The van der Waals surface area contributed by atoms with E-state index in [4.69, 9.17) is 0 Å². The van der Waals surface area contributed by atoms with Crippen LogP contribution in [-0.4, -0.2) is 27.6 Å². The Balaban J connectivity index is 1.72. The summed E-state index contributed by atoms with van der Waals surface area (Å²) in [7, 11) is 0. The molecule has 0 spiro atoms. The molecule has 2 N–H and O–H groups in total. The van der Waals surface area contributed by atoms with E-state index in [9.17, 15) is 4.79 Å². The number of hydrogen-bond donors (Lipinski definition) is 2. The highest BCUT2D eigenvalue weighted by molar-refractivity contribution is 8.19. The summed E-state index contributed by atoms with van der Waals surface area (Å²) in [5.41, 5.74) is 3.40. The van der Waals surface area contributed by atoms with E-state index in [1.807, 2.05) is 41.7 Å². The Morgan fingerprint density at radius 2 is 2.00 bits per heavy atom. The van der Waals surface area contributed by atoms with E-state index in [1.165, 1.54) is 17.1 Å². The van der Waals surface area contributed by atoms with Gasteiger partial charge < -0.3 is 5.32 Å². The number of benzene rings is 1. The van der Waals surface area contributed by atoms with Crippen molar-refractivity contribution in [1.82, 2.24) is 10.2 Å². The normalized spacial score (nSPS) is 15.8. The van der Waals surface area contributed by atoms with Crippen LogP contribution >= 0.6 is 23.5 Å². The lowest BCUT2D eigenvalue weighted by atomic mass is 9.92. The lowest BCUT2D eigenvalue weighted by molar-refractivity contribution is 0.102. The van der Waals surface area contributed by atoms with Gasteiger partial charge in [-0.15, -0.1) is 23.5 Å². The van der Waals surface area contributed by atoms with Crippen molar-refractivity contribution in [2.75, 3.05) is 16.8 Å². The summed E-state index contributed by atoms with van der Waals surface area (Å²) in [5.74, 6) is 2.20. The predicted octanol–water partition coefficient (Wildman–Crippen LogP) is 4.44. The summed E-state index contributed by atoms with van der Waals surface area (Å²) in [6.07, 6.45) is 0. The summed E-state index contributed by atoms with van der Waals surface area (Å²) in [6, 6.07) is 9.92. The highest BCUT2D eigenvalue weighted by Gasteiger charge is 2.21. The van der Waals surface area contributed by atoms with Gasteiger partial charge in [0.1, 0.15) is 0 Å². The molecule has 1 aliphatic rings. The topological polar surface area (TPSA) is 57.8 Å². The van der Waals surface area contributed by atoms with Gasteiger partial charge in [0.05, 0.1) is 4.58 Å². The third kappa shape index (κ3) is 3.93. The van der Waals surface area contributed by atoms with E-state index < -0.39 is 0 Å². The summed E-state index contributed by atoms with van der Waals surface area (Å²) in [5, 5.41) is 10.0. The van der Waals surface area contributed by atoms with Crippen LogP contribution in [-0.2, 0) is 5.41 Å². The fraction of sp³-hybridized carbons (Fsp3) is 0.412. The van der Waals surface area contributed by atoms with Gasteiger partial charge in [0.25, 0.3) is 5.91 Å². The maximum Gasteiger partial charge on any atom is 0.276 e. The Kier molecular flexibility index (Phi) is 4.73. The van der Waals surface area contributed by atoms with Gasteiger partial charge in [-0.25, -0.2) is 0 Å². The lowest BCUT2D eigenvalue weighted by Crippen LogP contribution is -2.13. The van der Waals surface area contributed by atoms with Gasteiger partial charge in [0, 0.05) is 28.3 Å². The number of nitrogens with zero attached hydrogens (tertiary/aromatic N) is 1. The highest BCUT2D eigenvalue weighted by Crippen LogP contribution is 2.45. The van der Waals surface area contributed by atoms with Crippen molar-refractivity contribution in [1.29, 1.82) is 0 Å². The molecule has 0 saturated carbocycles. The number of anilines is 1. The SMILES string of the molecule is CC(C)(C)c1cc(C(=O)Nc2cccc(C3SCCS3)c2)n[nH]1. The molecule has 1 saturated heterocycles. The number of hydrogen-bond acceptors (Lipinski definition) is 4. The fourth-order valence-electron chi connectivity index (χ4n) is 2.33. The number of thioether (sulfide) groups is 2. The van der Waals surface area contributed by atoms with E-state index in [2.05, 4.69) is 48.4 Å². The minimum absolute atomic E-state index is 0.0532. The Morgan fingerprint density at radius 3 is 2.65 bits per heavy atom. The first-order valence-electron chi connectivity index (χ1n) is 7.64. The van der Waals surface area contributed by atoms with Crippen LogP contribution in [0.25, 0.3) is 0 Å². The van der Waals surface area contributed by atoms with Gasteiger partial charge in [-0.05, 0) is 23.8 Å². The van der Waals surface area contributed by atoms with Crippen LogP contribution in [0.15, 0.2) is 30.3 Å². The highest BCUT2D eigenvalue weighted by atomic mass is 32.2. The minimum atomic E-state index is -0.180. The monoisotopic (exact) mass is 347 g/mol. The quantitative estimate of drug-likeness (QED) is 0.862. The largest absolute Gasteiger partial charge is 0.321 e. The van der Waals surface area contributed by atoms with Crippen molar-refractivity contribution in [3.8, 4) is 0 Å². The molecular weight excluding hydrogens is 326 g/mol. The van der Waals surface area contributed by atoms with Crippen LogP contribution < -0.4 is 5.32 Å². The second-order valence-corrected chi connectivity index (χ2v) is 9.29. The molecule has 4 nitrogen and oxygen atoms in total. The summed E-state index contributed by atoms with van der Waals surface area (Å²) < 4.78 is 0.477. The van der Waals surface area contributed by atoms with Crippen LogP contribution in [0.4, 0.5) is 5.69 Å². The molecule has 0 atom stereocenters. The number of nitrogens with one attached hydrogen (secondary N) is 2. The van der Waals surface area contributed by atoms with Crippen molar-refractivity contribution in [2.45, 2.75) is 30.8 Å². The summed E-state index contributed by atoms with van der Waals surface area (Å²) in [6.45, 7) is 6.26. The molecule has 0 unspecified atom stereocenters. The molecule has 1 aliphatic heterocycles. The zero-order valence-electron chi connectivity index (χ0n) is 13.6. The molecule has 2 aromatic rings. The first-order chi connectivity index (χ1) is 10.9. The second-order valence-electron chi connectivity index (χ2n) is 6.57. The number of amides is 1. The average Bonchev–Trinajstić information content (AvgIpc) is 3.19. The molecule has 1 aromatic heterocycles. The van der Waals surface area contributed by atoms with Crippen molar-refractivity contribution >= 4 is 35.1 Å². The average molecular weight is 348 g/mol. The molecule has 0 aliphatic carbocycles. The second kappa shape index (κ2) is 6.61. The summed E-state index contributed by atoms with van der Waals surface area (Å²) in [4.78, 5) is 12.4. The molecule has 1 amide bonds. The van der Waals surface area contributed by atoms with E-state index in [1.54, 1.807) is 0 Å². The van der Waals surface area contributed by atoms with E-state index >= 15 is 0 Å². The van der Waals surface area contributed by atoms with Crippen molar-refractivity contribution in [3.05, 3.63) is 47.3 Å². The first kappa shape index (κ1) is 16.5. The van der Waals surface area contributed by atoms with Crippen LogP contribution in [0.3, 0.4) is 0 Å². The van der Waals surface area contributed by atoms with Gasteiger partial charge in [-0.2, -0.15) is 5.10 Å². The standard InChI is InChI=1S/C17H21N3OS2/c1-17(2,3)14-10-13(19-20-14)15(21)18-12-6-4-5-11(9-12)16-22-7-8-23-16/h4-6,9-10,16H,7-8H2,1-3H3,(H,18,21)(H,19,20). The fourth-order valence-corrected chi connectivity index (χ4v) is 5.17. The molecule has 0 bridgehead atoms. The number of aromatic amines is 1. The molecule has 3 rings (SSSR count). The number of aromatic nitrogens is 2. The van der Waals surface area contributed by atoms with E-state index in [0.29, 0.717) is 10.3 Å². The predicted molar refractivity (Wildman–Crippen MR) is 99.3 cm³/mol. The smallest absolute Gasteiger partial charge is 0.276 e. The number of carbonyl (C=O) groups excluding carboxylic acids is 1. The Bertz CT molecular complexity index is 700. The van der Waals surface area contributed by atoms with Crippen LogP contribution in [0, 0.1) is 0 Å². The maximum atomic E-state index is 12.4. The first-order valence-corrected chi connectivity index (χ1v) is 9.73. The van der Waals surface area contributed by atoms with E-state index in [0.717, 1.165) is 11.4 Å². The molecule has 6 heteroatoms. The van der Waals surface area contributed by atoms with Gasteiger partial charge in [-0.3, -0.25) is 9.89 Å². The third-order valence-electron chi connectivity index (χ3n) is 3.66. The zero-order valence-corrected chi connectivity index (χ0v) is 15.2. The molecule has 1 fully saturated rings. The zero-order chi connectivity index (χ0) is 16.4. The van der Waals surface area contributed by atoms with Gasteiger partial charge in [-0.1, -0.05) is 32.9 Å². The van der Waals surface area contributed by atoms with Gasteiger partial charge in [0.15, 0.2) is 5.69 Å². The molecule has 1 aromatic carbocycles. The molecule has 0 radical (unpaired) electrons. The molecular formula is C17H21N3OS2. The van der Waals surface area contributed by atoms with E-state index in [-0.39, 0.29) is 11.3 Å². The molecule has 122 valence electrons. The van der Waals surface area contributed by atoms with Gasteiger partial charge >= 0.3 is 0 Å². The Labute approximate surface area is 145 Å². The molecule has 2 heterocycles. The van der Waals surface area contributed by atoms with Crippen molar-refractivity contribution in [2.24, 2.45) is 0 Å². The summed E-state index contributed by atoms with van der Waals surface area (Å²) >= 11 is 3.92. The van der Waals surface area contributed by atoms with Gasteiger partial charge in [0.2, 0.25) is 0 Å². The number of rotatable bonds is 3. The number of carbonyl (C=O) groups is 1. The lowest BCUT2D eigenvalue weighted by Gasteiger charge is -2.14. The van der Waals surface area contributed by atoms with Crippen LogP contribution in [0.2, 0.25) is 0 Å². The van der Waals surface area contributed by atoms with Crippen LogP contribution in [0.5, 0.6) is 0 Å². The Morgan fingerprint density at radius 1 is 1.26 bits per heavy atom. The number of H-pyrrole nitrogens is 1. The van der Waals surface area contributed by atoms with Crippen molar-refractivity contribution in [3.63, 3.8) is 0 Å². The Hall–Kier alpha value is -1.40. The third-order valence-corrected chi connectivity index (χ3v) is 6.76. The minimum Gasteiger partial charge on any atom is -0.321 e. The van der Waals surface area contributed by atoms with Crippen molar-refractivity contribution < 1.29 is 4.79 Å².